The lowest BCUT2D eigenvalue weighted by molar-refractivity contribution is -0.170. The fraction of sp³-hybridized carbons (Fsp3) is 0.194. The fourth-order valence-corrected chi connectivity index (χ4v) is 5.38. The molecule has 9 heteroatoms. The maximum Gasteiger partial charge on any atom is 0.338 e. The van der Waals surface area contributed by atoms with Gasteiger partial charge in [-0.1, -0.05) is 66.7 Å². The van der Waals surface area contributed by atoms with E-state index in [0.29, 0.717) is 12.0 Å². The quantitative estimate of drug-likeness (QED) is 0.174. The molecule has 0 bridgehead atoms. The van der Waals surface area contributed by atoms with Crippen LogP contribution in [0.3, 0.4) is 0 Å². The van der Waals surface area contributed by atoms with Crippen LogP contribution in [0.4, 0.5) is 0 Å². The Bertz CT molecular complexity index is 1710. The summed E-state index contributed by atoms with van der Waals surface area (Å²) in [6, 6.07) is 27.2. The number of hydrogen-bond donors (Lipinski definition) is 2. The van der Waals surface area contributed by atoms with Gasteiger partial charge in [-0.2, -0.15) is 0 Å². The van der Waals surface area contributed by atoms with Gasteiger partial charge in [0.15, 0.2) is 5.78 Å². The van der Waals surface area contributed by atoms with E-state index in [1.165, 1.54) is 24.3 Å². The first-order valence-corrected chi connectivity index (χ1v) is 14.5. The summed E-state index contributed by atoms with van der Waals surface area (Å²) in [4.78, 5) is 65.2. The van der Waals surface area contributed by atoms with Gasteiger partial charge in [-0.15, -0.1) is 0 Å². The lowest BCUT2D eigenvalue weighted by Crippen LogP contribution is -2.67. The number of Topliss-reactive ketones (excluding diaryl/α,β-unsaturated/α-hetero) is 1. The molecule has 45 heavy (non-hydrogen) atoms. The number of rotatable bonds is 12. The molecule has 1 heterocycles. The highest BCUT2D eigenvalue weighted by Gasteiger charge is 2.53. The van der Waals surface area contributed by atoms with Crippen molar-refractivity contribution in [3.05, 3.63) is 137 Å². The lowest BCUT2D eigenvalue weighted by atomic mass is 9.78. The maximum absolute atomic E-state index is 13.5. The molecule has 4 aromatic rings. The molecule has 1 aliphatic heterocycles. The zero-order valence-corrected chi connectivity index (χ0v) is 24.3. The number of likely N-dealkylation sites (tertiary alicyclic amines) is 1. The van der Waals surface area contributed by atoms with E-state index in [1.54, 1.807) is 48.5 Å². The van der Waals surface area contributed by atoms with Crippen molar-refractivity contribution in [3.8, 4) is 5.75 Å². The monoisotopic (exact) mass is 605 g/mol. The van der Waals surface area contributed by atoms with Gasteiger partial charge >= 0.3 is 11.9 Å². The Labute approximate surface area is 259 Å². The van der Waals surface area contributed by atoms with Crippen molar-refractivity contribution in [2.24, 2.45) is 5.92 Å². The number of phenols is 1. The number of carboxylic acids is 1. The van der Waals surface area contributed by atoms with Crippen molar-refractivity contribution in [1.82, 2.24) is 4.90 Å². The number of aryl methyl sites for hydroxylation is 1. The van der Waals surface area contributed by atoms with Gasteiger partial charge in [-0.3, -0.25) is 19.3 Å². The van der Waals surface area contributed by atoms with E-state index in [4.69, 9.17) is 9.84 Å². The van der Waals surface area contributed by atoms with Crippen LogP contribution in [0.5, 0.6) is 5.75 Å². The Balaban J connectivity index is 1.28. The van der Waals surface area contributed by atoms with Crippen molar-refractivity contribution in [2.75, 3.05) is 0 Å². The highest BCUT2D eigenvalue weighted by molar-refractivity contribution is 6.10. The lowest BCUT2D eigenvalue weighted by Gasteiger charge is -2.45. The maximum atomic E-state index is 13.5. The van der Waals surface area contributed by atoms with E-state index in [2.05, 4.69) is 0 Å². The molecule has 0 aliphatic carbocycles. The second-order valence-corrected chi connectivity index (χ2v) is 10.9. The number of hydrogen-bond acceptors (Lipinski definition) is 7. The van der Waals surface area contributed by atoms with Crippen LogP contribution in [0.15, 0.2) is 103 Å². The first-order valence-electron chi connectivity index (χ1n) is 14.5. The molecule has 4 aromatic carbocycles. The third kappa shape index (κ3) is 7.51. The molecule has 228 valence electrons. The van der Waals surface area contributed by atoms with Gasteiger partial charge in [-0.25, -0.2) is 9.59 Å². The minimum Gasteiger partial charge on any atom is -0.508 e. The van der Waals surface area contributed by atoms with Gasteiger partial charge < -0.3 is 14.9 Å². The topological polar surface area (TPSA) is 138 Å². The van der Waals surface area contributed by atoms with Crippen molar-refractivity contribution >= 4 is 29.5 Å². The molecule has 0 saturated carbocycles. The van der Waals surface area contributed by atoms with Crippen molar-refractivity contribution in [2.45, 2.75) is 38.3 Å². The zero-order valence-electron chi connectivity index (χ0n) is 24.3. The number of carbonyl (C=O) groups is 5. The second kappa shape index (κ2) is 13.8. The molecule has 2 N–H and O–H groups in total. The molecule has 2 atom stereocenters. The van der Waals surface area contributed by atoms with Gasteiger partial charge in [0.05, 0.1) is 23.5 Å². The number of benzene rings is 4. The van der Waals surface area contributed by atoms with Gasteiger partial charge in [0.1, 0.15) is 18.4 Å². The number of ketones is 1. The van der Waals surface area contributed by atoms with E-state index in [9.17, 15) is 29.1 Å². The number of carbonyl (C=O) groups excluding carboxylic acids is 4. The molecular formula is C36H31NO8. The minimum atomic E-state index is -1.05. The highest BCUT2D eigenvalue weighted by atomic mass is 16.5. The zero-order chi connectivity index (χ0) is 31.9. The molecule has 0 radical (unpaired) electrons. The minimum absolute atomic E-state index is 0.0446. The molecule has 0 spiro atoms. The van der Waals surface area contributed by atoms with E-state index in [-0.39, 0.29) is 48.5 Å². The van der Waals surface area contributed by atoms with Gasteiger partial charge in [-0.05, 0) is 71.5 Å². The summed E-state index contributed by atoms with van der Waals surface area (Å²) in [7, 11) is 0. The molecule has 1 aliphatic rings. The normalized spacial score (nSPS) is 15.6. The fourth-order valence-electron chi connectivity index (χ4n) is 5.38. The molecule has 1 fully saturated rings. The average Bonchev–Trinajstić information content (AvgIpc) is 3.05. The van der Waals surface area contributed by atoms with Crippen LogP contribution in [-0.2, 0) is 45.0 Å². The molecule has 2 amide bonds. The number of nitrogens with zero attached hydrogens (tertiary/aromatic N) is 1. The van der Waals surface area contributed by atoms with Gasteiger partial charge in [0.25, 0.3) is 0 Å². The Morgan fingerprint density at radius 3 is 2.09 bits per heavy atom. The number of amides is 2. The molecule has 1 unspecified atom stereocenters. The van der Waals surface area contributed by atoms with Crippen LogP contribution >= 0.6 is 0 Å². The summed E-state index contributed by atoms with van der Waals surface area (Å²) in [5.41, 5.74) is 3.22. The molecular weight excluding hydrogens is 574 g/mol. The molecule has 9 nitrogen and oxygen atoms in total. The number of esters is 1. The Morgan fingerprint density at radius 2 is 1.40 bits per heavy atom. The van der Waals surface area contributed by atoms with Crippen molar-refractivity contribution in [3.63, 3.8) is 0 Å². The summed E-state index contributed by atoms with van der Waals surface area (Å²) in [5.74, 6) is -3.58. The first kappa shape index (κ1) is 30.9. The van der Waals surface area contributed by atoms with Crippen LogP contribution in [-0.4, -0.2) is 50.7 Å². The van der Waals surface area contributed by atoms with Crippen molar-refractivity contribution in [1.29, 1.82) is 0 Å². The van der Waals surface area contributed by atoms with Gasteiger partial charge in [0, 0.05) is 6.42 Å². The smallest absolute Gasteiger partial charge is 0.338 e. The number of ether oxygens (including phenoxy) is 1. The average molecular weight is 606 g/mol. The van der Waals surface area contributed by atoms with E-state index >= 15 is 0 Å². The third-order valence-electron chi connectivity index (χ3n) is 7.80. The van der Waals surface area contributed by atoms with Crippen LogP contribution in [0.25, 0.3) is 0 Å². The summed E-state index contributed by atoms with van der Waals surface area (Å²) >= 11 is 0. The first-order chi connectivity index (χ1) is 21.7. The molecule has 1 saturated heterocycles. The Morgan fingerprint density at radius 1 is 0.733 bits per heavy atom. The molecule has 5 rings (SSSR count). The standard InChI is InChI=1S/C36H31NO8/c38-29-16-11-24(12-17-29)20-30-33(31(39)18-13-23-9-14-27(15-10-23)35(42)43)37(34(30)41)32(40)21-26-7-4-8-28(19-26)36(44)45-22-25-5-2-1-3-6-25/h1-12,14-17,19,30,33,38H,13,18,20-22H2,(H,42,43)/t30-,33?/m0/s1. The van der Waals surface area contributed by atoms with Gasteiger partial charge in [0.2, 0.25) is 11.8 Å². The van der Waals surface area contributed by atoms with Crippen LogP contribution in [0.1, 0.15) is 49.4 Å². The largest absolute Gasteiger partial charge is 0.508 e. The number of imide groups is 1. The SMILES string of the molecule is O=C(O)c1ccc(CCC(=O)C2[C@H](Cc3ccc(O)cc3)C(=O)N2C(=O)Cc2cccc(C(=O)OCc3ccccc3)c2)cc1. The highest BCUT2D eigenvalue weighted by Crippen LogP contribution is 2.33. The summed E-state index contributed by atoms with van der Waals surface area (Å²) in [6.45, 7) is 0.0982. The summed E-state index contributed by atoms with van der Waals surface area (Å²) in [6.07, 6.45) is 0.376. The predicted molar refractivity (Wildman–Crippen MR) is 163 cm³/mol. The number of carboxylic acid groups (broad SMARTS) is 1. The van der Waals surface area contributed by atoms with E-state index in [1.807, 2.05) is 30.3 Å². The number of aromatic carboxylic acids is 1. The number of phenolic OH excluding ortho intramolecular Hbond substituents is 1. The third-order valence-corrected chi connectivity index (χ3v) is 7.80. The van der Waals surface area contributed by atoms with E-state index in [0.717, 1.165) is 21.6 Å². The van der Waals surface area contributed by atoms with Crippen LogP contribution < -0.4 is 0 Å². The number of β-lactam (4-membered cyclic amide) rings is 1. The summed E-state index contributed by atoms with van der Waals surface area (Å²) in [5, 5.41) is 18.8. The molecule has 0 aromatic heterocycles. The second-order valence-electron chi connectivity index (χ2n) is 10.9. The number of aromatic hydroxyl groups is 1. The Kier molecular flexibility index (Phi) is 9.48. The Hall–Kier alpha value is -5.57. The van der Waals surface area contributed by atoms with Crippen molar-refractivity contribution < 1.29 is 38.9 Å². The predicted octanol–water partition coefficient (Wildman–Crippen LogP) is 4.79. The summed E-state index contributed by atoms with van der Waals surface area (Å²) < 4.78 is 5.40. The van der Waals surface area contributed by atoms with Crippen LogP contribution in [0, 0.1) is 5.92 Å². The van der Waals surface area contributed by atoms with Crippen LogP contribution in [0.2, 0.25) is 0 Å². The van der Waals surface area contributed by atoms with E-state index < -0.39 is 35.7 Å².